The molecule has 2 atom stereocenters. The first-order chi connectivity index (χ1) is 24.6. The van der Waals surface area contributed by atoms with Crippen LogP contribution in [0.3, 0.4) is 0 Å². The number of carbonyl (C=O) groups is 4. The third kappa shape index (κ3) is 7.55. The fraction of sp³-hybridized carbons (Fsp3) is 0.389. The number of ketones is 1. The van der Waals surface area contributed by atoms with Crippen LogP contribution in [0.25, 0.3) is 22.0 Å². The quantitative estimate of drug-likeness (QED) is 0.171. The van der Waals surface area contributed by atoms with Crippen molar-refractivity contribution in [3.63, 3.8) is 0 Å². The van der Waals surface area contributed by atoms with Crippen LogP contribution in [0.2, 0.25) is 0 Å². The zero-order chi connectivity index (χ0) is 37.4. The molecule has 4 aromatic rings. The Labute approximate surface area is 295 Å². The minimum Gasteiger partial charge on any atom is -0.353 e. The van der Waals surface area contributed by atoms with Gasteiger partial charge in [-0.2, -0.15) is 18.3 Å². The number of alkyl halides is 4. The van der Waals surface area contributed by atoms with Gasteiger partial charge in [0, 0.05) is 43.2 Å². The normalized spacial score (nSPS) is 20.1. The second-order valence-electron chi connectivity index (χ2n) is 13.2. The fourth-order valence-corrected chi connectivity index (χ4v) is 6.49. The van der Waals surface area contributed by atoms with Crippen molar-refractivity contribution in [2.75, 3.05) is 25.0 Å². The zero-order valence-corrected chi connectivity index (χ0v) is 28.7. The van der Waals surface area contributed by atoms with Gasteiger partial charge in [-0.3, -0.25) is 23.9 Å². The van der Waals surface area contributed by atoms with E-state index in [2.05, 4.69) is 30.7 Å². The summed E-state index contributed by atoms with van der Waals surface area (Å²) in [5.41, 5.74) is -0.693. The lowest BCUT2D eigenvalue weighted by Crippen LogP contribution is -2.49. The van der Waals surface area contributed by atoms with Gasteiger partial charge in [-0.25, -0.2) is 19.3 Å². The summed E-state index contributed by atoms with van der Waals surface area (Å²) >= 11 is 0. The average Bonchev–Trinajstić information content (AvgIpc) is 3.64. The second-order valence-corrected chi connectivity index (χ2v) is 13.2. The van der Waals surface area contributed by atoms with Crippen molar-refractivity contribution in [2.24, 2.45) is 5.92 Å². The molecule has 16 heteroatoms. The molecular formula is C36H36F4N8O4. The van der Waals surface area contributed by atoms with Crippen LogP contribution in [-0.2, 0) is 33.5 Å². The van der Waals surface area contributed by atoms with Crippen molar-refractivity contribution < 1.29 is 36.7 Å². The predicted octanol–water partition coefficient (Wildman–Crippen LogP) is 4.93. The molecule has 5 heterocycles. The Morgan fingerprint density at radius 2 is 1.81 bits per heavy atom. The summed E-state index contributed by atoms with van der Waals surface area (Å²) in [5, 5.41) is 9.88. The van der Waals surface area contributed by atoms with E-state index in [4.69, 9.17) is 0 Å². The Kier molecular flexibility index (Phi) is 9.92. The number of hydrogen-bond acceptors (Lipinski definition) is 8. The van der Waals surface area contributed by atoms with Crippen molar-refractivity contribution in [2.45, 2.75) is 64.8 Å². The lowest BCUT2D eigenvalue weighted by Gasteiger charge is -2.26. The molecule has 3 aromatic heterocycles. The van der Waals surface area contributed by atoms with Crippen LogP contribution >= 0.6 is 0 Å². The highest BCUT2D eigenvalue weighted by molar-refractivity contribution is 6.07. The number of allylic oxidation sites excluding steroid dienone is 2. The van der Waals surface area contributed by atoms with Gasteiger partial charge in [0.2, 0.25) is 17.7 Å². The van der Waals surface area contributed by atoms with Crippen LogP contribution in [0.1, 0.15) is 59.3 Å². The molecule has 1 aromatic carbocycles. The predicted molar refractivity (Wildman–Crippen MR) is 182 cm³/mol. The number of aromatic nitrogens is 5. The standard InChI is InChI=1S/C36H36F4N8O4/c1-20-10-11-28(36(38,39)40)44-33(20)45-34(52)27-16-47-19-35(27,37)18-43-29(50)9-7-5-4-6-8-23-12-24(25-14-41-22(3)42-15-25)13-26-31(21(2)49)46-48(32(23)26)17-30(47)51/h4,6,10-15,27H,5,7-9,16-19H2,1-3H3,(H,43,50)(H,44,45,52)/t27-,35+/m1/s1. The molecule has 272 valence electrons. The van der Waals surface area contributed by atoms with Crippen LogP contribution in [0, 0.1) is 19.8 Å². The van der Waals surface area contributed by atoms with Gasteiger partial charge in [0.25, 0.3) is 0 Å². The summed E-state index contributed by atoms with van der Waals surface area (Å²) in [6, 6.07) is 5.60. The van der Waals surface area contributed by atoms with E-state index in [0.717, 1.165) is 28.2 Å². The number of rotatable bonds is 4. The third-order valence-electron chi connectivity index (χ3n) is 9.29. The molecule has 1 fully saturated rings. The Morgan fingerprint density at radius 1 is 1.06 bits per heavy atom. The first-order valence-electron chi connectivity index (χ1n) is 16.7. The Morgan fingerprint density at radius 3 is 2.52 bits per heavy atom. The van der Waals surface area contributed by atoms with Crippen molar-refractivity contribution in [1.29, 1.82) is 0 Å². The van der Waals surface area contributed by atoms with E-state index in [9.17, 15) is 32.3 Å². The van der Waals surface area contributed by atoms with Gasteiger partial charge < -0.3 is 15.5 Å². The van der Waals surface area contributed by atoms with Gasteiger partial charge in [0.05, 0.1) is 24.5 Å². The second kappa shape index (κ2) is 14.2. The smallest absolute Gasteiger partial charge is 0.353 e. The number of carbonyl (C=O) groups excluding carboxylic acids is 4. The molecule has 2 bridgehead atoms. The number of hydrogen-bond donors (Lipinski definition) is 2. The Balaban J connectivity index is 1.38. The van der Waals surface area contributed by atoms with E-state index < -0.39 is 73.2 Å². The zero-order valence-electron chi connectivity index (χ0n) is 28.7. The number of benzene rings is 1. The highest BCUT2D eigenvalue weighted by Gasteiger charge is 2.52. The highest BCUT2D eigenvalue weighted by Crippen LogP contribution is 2.35. The van der Waals surface area contributed by atoms with Crippen molar-refractivity contribution in [3.05, 3.63) is 77.2 Å². The van der Waals surface area contributed by atoms with E-state index in [-0.39, 0.29) is 23.5 Å². The first kappa shape index (κ1) is 36.3. The van der Waals surface area contributed by atoms with E-state index in [1.807, 2.05) is 18.2 Å². The lowest BCUT2D eigenvalue weighted by atomic mass is 9.91. The van der Waals surface area contributed by atoms with Gasteiger partial charge in [0.15, 0.2) is 11.5 Å². The molecule has 0 spiro atoms. The van der Waals surface area contributed by atoms with E-state index in [0.29, 0.717) is 41.6 Å². The fourth-order valence-electron chi connectivity index (χ4n) is 6.49. The molecule has 0 unspecified atom stereocenters. The monoisotopic (exact) mass is 720 g/mol. The van der Waals surface area contributed by atoms with Crippen LogP contribution in [-0.4, -0.2) is 78.4 Å². The molecule has 1 saturated heterocycles. The molecule has 3 amide bonds. The molecule has 2 N–H and O–H groups in total. The summed E-state index contributed by atoms with van der Waals surface area (Å²) in [6.45, 7) is 2.50. The number of pyridine rings is 1. The number of nitrogens with zero attached hydrogens (tertiary/aromatic N) is 6. The number of halogens is 4. The van der Waals surface area contributed by atoms with E-state index in [1.54, 1.807) is 25.4 Å². The number of anilines is 1. The summed E-state index contributed by atoms with van der Waals surface area (Å²) in [6.07, 6.45) is 3.82. The van der Waals surface area contributed by atoms with Gasteiger partial charge in [-0.1, -0.05) is 18.2 Å². The van der Waals surface area contributed by atoms with Gasteiger partial charge in [-0.15, -0.1) is 0 Å². The summed E-state index contributed by atoms with van der Waals surface area (Å²) in [7, 11) is 0. The molecule has 12 nitrogen and oxygen atoms in total. The van der Waals surface area contributed by atoms with Crippen LogP contribution < -0.4 is 10.6 Å². The van der Waals surface area contributed by atoms with Crippen molar-refractivity contribution in [3.8, 4) is 11.1 Å². The number of amides is 3. The van der Waals surface area contributed by atoms with Crippen molar-refractivity contribution in [1.82, 2.24) is 34.9 Å². The largest absolute Gasteiger partial charge is 0.433 e. The van der Waals surface area contributed by atoms with Gasteiger partial charge >= 0.3 is 6.18 Å². The van der Waals surface area contributed by atoms with Crippen LogP contribution in [0.4, 0.5) is 23.4 Å². The molecule has 2 aliphatic rings. The number of Topliss-reactive ketones (excluding diaryl/α,β-unsaturated/α-hetero) is 1. The molecule has 0 aliphatic carbocycles. The minimum atomic E-state index is -4.79. The Bertz CT molecular complexity index is 2100. The molecule has 2 aliphatic heterocycles. The SMILES string of the molecule is CC(=O)c1nn2c3c(cc(-c4cnc(C)nc4)cc13)CC=CCCCC(=O)NC[C@]1(F)CN(C[C@@H]1C(=O)Nc1nc(C(F)(F)F)ccc1C)C(=O)C2. The molecule has 6 rings (SSSR count). The maximum atomic E-state index is 16.9. The van der Waals surface area contributed by atoms with E-state index >= 15 is 4.39 Å². The van der Waals surface area contributed by atoms with Crippen LogP contribution in [0.15, 0.2) is 48.8 Å². The maximum Gasteiger partial charge on any atom is 0.433 e. The number of aryl methyl sites for hydroxylation is 2. The number of nitrogens with one attached hydrogen (secondary N) is 2. The maximum absolute atomic E-state index is 16.9. The topological polar surface area (TPSA) is 152 Å². The summed E-state index contributed by atoms with van der Waals surface area (Å²) in [5.74, 6) is -3.82. The lowest BCUT2D eigenvalue weighted by molar-refractivity contribution is -0.141. The molecule has 0 saturated carbocycles. The summed E-state index contributed by atoms with van der Waals surface area (Å²) < 4.78 is 58.5. The molecule has 52 heavy (non-hydrogen) atoms. The summed E-state index contributed by atoms with van der Waals surface area (Å²) in [4.78, 5) is 66.4. The van der Waals surface area contributed by atoms with E-state index in [1.165, 1.54) is 18.5 Å². The molecule has 0 radical (unpaired) electrons. The molecular weight excluding hydrogens is 684 g/mol. The van der Waals surface area contributed by atoms with Gasteiger partial charge in [0.1, 0.15) is 29.6 Å². The third-order valence-corrected chi connectivity index (χ3v) is 9.29. The minimum absolute atomic E-state index is 0.0647. The Hall–Kier alpha value is -5.54. The first-order valence-corrected chi connectivity index (χ1v) is 16.7. The van der Waals surface area contributed by atoms with Crippen LogP contribution in [0.5, 0.6) is 0 Å². The van der Waals surface area contributed by atoms with Gasteiger partial charge in [-0.05, 0) is 68.0 Å². The van der Waals surface area contributed by atoms with Crippen molar-refractivity contribution >= 4 is 40.2 Å². The number of fused-ring (bicyclic) bond motifs is 2. The highest BCUT2D eigenvalue weighted by atomic mass is 19.4. The average molecular weight is 721 g/mol.